The van der Waals surface area contributed by atoms with Crippen LogP contribution in [0.4, 0.5) is 0 Å². The summed E-state index contributed by atoms with van der Waals surface area (Å²) in [6.45, 7) is 5.68. The van der Waals surface area contributed by atoms with Crippen LogP contribution in [-0.2, 0) is 16.1 Å². The van der Waals surface area contributed by atoms with Crippen molar-refractivity contribution >= 4 is 12.2 Å². The first-order valence-electron chi connectivity index (χ1n) is 7.97. The van der Waals surface area contributed by atoms with Crippen LogP contribution in [0.1, 0.15) is 43.9 Å². The SMILES string of the molecule is CCC(C)(C)C(=O)O/N=C/c1ccc2c(c1)Cc1ccccc1-2. The molecule has 1 aliphatic carbocycles. The summed E-state index contributed by atoms with van der Waals surface area (Å²) in [5.74, 6) is -0.301. The lowest BCUT2D eigenvalue weighted by Gasteiger charge is -2.17. The normalized spacial score (nSPS) is 13.0. The molecule has 0 fully saturated rings. The third kappa shape index (κ3) is 3.04. The van der Waals surface area contributed by atoms with Gasteiger partial charge in [-0.05, 0) is 60.6 Å². The number of oxime groups is 1. The molecule has 0 N–H and O–H groups in total. The summed E-state index contributed by atoms with van der Waals surface area (Å²) in [6, 6.07) is 14.7. The fraction of sp³-hybridized carbons (Fsp3) is 0.300. The Labute approximate surface area is 137 Å². The quantitative estimate of drug-likeness (QED) is 0.402. The monoisotopic (exact) mass is 307 g/mol. The molecular weight excluding hydrogens is 286 g/mol. The van der Waals surface area contributed by atoms with E-state index in [2.05, 4.69) is 41.6 Å². The minimum absolute atomic E-state index is 0.301. The molecule has 0 aromatic heterocycles. The van der Waals surface area contributed by atoms with Gasteiger partial charge in [0.25, 0.3) is 0 Å². The lowest BCUT2D eigenvalue weighted by atomic mass is 9.91. The maximum atomic E-state index is 11.9. The van der Waals surface area contributed by atoms with E-state index in [0.29, 0.717) is 0 Å². The number of rotatable bonds is 4. The molecule has 2 aromatic carbocycles. The number of hydrogen-bond donors (Lipinski definition) is 0. The summed E-state index contributed by atoms with van der Waals surface area (Å²) >= 11 is 0. The van der Waals surface area contributed by atoms with Crippen molar-refractivity contribution < 1.29 is 9.63 Å². The molecule has 0 heterocycles. The second-order valence-electron chi connectivity index (χ2n) is 6.60. The second kappa shape index (κ2) is 5.99. The molecule has 1 aliphatic rings. The summed E-state index contributed by atoms with van der Waals surface area (Å²) < 4.78 is 0. The number of hydrogen-bond acceptors (Lipinski definition) is 3. The molecule has 0 radical (unpaired) electrons. The van der Waals surface area contributed by atoms with Gasteiger partial charge in [-0.1, -0.05) is 48.5 Å². The summed E-state index contributed by atoms with van der Waals surface area (Å²) in [5, 5.41) is 3.86. The Morgan fingerprint density at radius 1 is 1.17 bits per heavy atom. The van der Waals surface area contributed by atoms with Gasteiger partial charge in [0.15, 0.2) is 0 Å². The molecule has 23 heavy (non-hydrogen) atoms. The van der Waals surface area contributed by atoms with E-state index in [4.69, 9.17) is 4.84 Å². The molecule has 0 atom stereocenters. The maximum Gasteiger partial charge on any atom is 0.340 e. The number of carbonyl (C=O) groups excluding carboxylic acids is 1. The van der Waals surface area contributed by atoms with Crippen molar-refractivity contribution in [3.8, 4) is 11.1 Å². The summed E-state index contributed by atoms with van der Waals surface area (Å²) in [6.07, 6.45) is 3.27. The lowest BCUT2D eigenvalue weighted by Crippen LogP contribution is -2.24. The van der Waals surface area contributed by atoms with Gasteiger partial charge in [0, 0.05) is 0 Å². The van der Waals surface area contributed by atoms with Crippen LogP contribution >= 0.6 is 0 Å². The van der Waals surface area contributed by atoms with Crippen molar-refractivity contribution in [3.63, 3.8) is 0 Å². The van der Waals surface area contributed by atoms with Crippen molar-refractivity contribution in [2.45, 2.75) is 33.6 Å². The van der Waals surface area contributed by atoms with Crippen LogP contribution < -0.4 is 0 Å². The Kier molecular flexibility index (Phi) is 4.03. The molecule has 0 spiro atoms. The highest BCUT2D eigenvalue weighted by Crippen LogP contribution is 2.36. The third-order valence-corrected chi connectivity index (χ3v) is 4.59. The van der Waals surface area contributed by atoms with Gasteiger partial charge in [-0.25, -0.2) is 4.79 Å². The van der Waals surface area contributed by atoms with Gasteiger partial charge in [-0.3, -0.25) is 0 Å². The van der Waals surface area contributed by atoms with Crippen molar-refractivity contribution in [3.05, 3.63) is 59.2 Å². The van der Waals surface area contributed by atoms with Gasteiger partial charge in [0.2, 0.25) is 0 Å². The predicted molar refractivity (Wildman–Crippen MR) is 92.4 cm³/mol. The molecule has 0 aliphatic heterocycles. The molecule has 0 bridgehead atoms. The van der Waals surface area contributed by atoms with Crippen LogP contribution in [0.5, 0.6) is 0 Å². The zero-order valence-corrected chi connectivity index (χ0v) is 13.8. The number of nitrogens with zero attached hydrogens (tertiary/aromatic N) is 1. The smallest absolute Gasteiger partial charge is 0.318 e. The lowest BCUT2D eigenvalue weighted by molar-refractivity contribution is -0.154. The zero-order valence-electron chi connectivity index (χ0n) is 13.8. The summed E-state index contributed by atoms with van der Waals surface area (Å²) in [4.78, 5) is 16.9. The average Bonchev–Trinajstić information content (AvgIpc) is 2.92. The van der Waals surface area contributed by atoms with Gasteiger partial charge in [0.05, 0.1) is 11.6 Å². The topological polar surface area (TPSA) is 38.7 Å². The van der Waals surface area contributed by atoms with Crippen LogP contribution in [0, 0.1) is 5.41 Å². The minimum Gasteiger partial charge on any atom is -0.318 e. The first-order valence-corrected chi connectivity index (χ1v) is 7.97. The molecule has 118 valence electrons. The Morgan fingerprint density at radius 2 is 1.91 bits per heavy atom. The van der Waals surface area contributed by atoms with Crippen LogP contribution in [0.25, 0.3) is 11.1 Å². The van der Waals surface area contributed by atoms with Crippen LogP contribution in [0.2, 0.25) is 0 Å². The summed E-state index contributed by atoms with van der Waals surface area (Å²) in [5.41, 5.74) is 5.67. The minimum atomic E-state index is -0.503. The van der Waals surface area contributed by atoms with Crippen LogP contribution in [0.15, 0.2) is 47.6 Å². The molecule has 3 rings (SSSR count). The van der Waals surface area contributed by atoms with Crippen molar-refractivity contribution in [2.24, 2.45) is 10.6 Å². The molecule has 0 unspecified atom stereocenters. The van der Waals surface area contributed by atoms with E-state index in [1.54, 1.807) is 6.21 Å². The Morgan fingerprint density at radius 3 is 2.70 bits per heavy atom. The second-order valence-corrected chi connectivity index (χ2v) is 6.60. The maximum absolute atomic E-state index is 11.9. The van der Waals surface area contributed by atoms with E-state index < -0.39 is 5.41 Å². The third-order valence-electron chi connectivity index (χ3n) is 4.59. The van der Waals surface area contributed by atoms with Gasteiger partial charge in [-0.2, -0.15) is 0 Å². The predicted octanol–water partition coefficient (Wildman–Crippen LogP) is 4.57. The molecule has 3 heteroatoms. The summed E-state index contributed by atoms with van der Waals surface area (Å²) in [7, 11) is 0. The van der Waals surface area contributed by atoms with Gasteiger partial charge < -0.3 is 4.84 Å². The Balaban J connectivity index is 1.73. The van der Waals surface area contributed by atoms with E-state index in [9.17, 15) is 4.79 Å². The number of fused-ring (bicyclic) bond motifs is 3. The largest absolute Gasteiger partial charge is 0.340 e. The van der Waals surface area contributed by atoms with Gasteiger partial charge in [-0.15, -0.1) is 0 Å². The number of carbonyl (C=O) groups is 1. The Hall–Kier alpha value is -2.42. The van der Waals surface area contributed by atoms with E-state index in [1.165, 1.54) is 22.3 Å². The molecule has 0 saturated carbocycles. The van der Waals surface area contributed by atoms with Gasteiger partial charge in [0.1, 0.15) is 0 Å². The molecule has 0 saturated heterocycles. The molecule has 2 aromatic rings. The molecular formula is C20H21NO2. The highest BCUT2D eigenvalue weighted by molar-refractivity contribution is 5.85. The standard InChI is InChI=1S/C20H21NO2/c1-4-20(2,3)19(22)23-21-13-14-9-10-18-16(11-14)12-15-7-5-6-8-17(15)18/h5-11,13H,4,12H2,1-3H3/b21-13+. The van der Waals surface area contributed by atoms with E-state index in [-0.39, 0.29) is 5.97 Å². The molecule has 0 amide bonds. The highest BCUT2D eigenvalue weighted by atomic mass is 16.7. The van der Waals surface area contributed by atoms with E-state index >= 15 is 0 Å². The van der Waals surface area contributed by atoms with Crippen molar-refractivity contribution in [2.75, 3.05) is 0 Å². The van der Waals surface area contributed by atoms with Crippen molar-refractivity contribution in [1.82, 2.24) is 0 Å². The molecule has 3 nitrogen and oxygen atoms in total. The first-order chi connectivity index (χ1) is 11.0. The number of benzene rings is 2. The van der Waals surface area contributed by atoms with Crippen molar-refractivity contribution in [1.29, 1.82) is 0 Å². The highest BCUT2D eigenvalue weighted by Gasteiger charge is 2.27. The van der Waals surface area contributed by atoms with Crippen LogP contribution in [0.3, 0.4) is 0 Å². The zero-order chi connectivity index (χ0) is 16.4. The average molecular weight is 307 g/mol. The van der Waals surface area contributed by atoms with Gasteiger partial charge >= 0.3 is 5.97 Å². The fourth-order valence-corrected chi connectivity index (χ4v) is 2.65. The first kappa shape index (κ1) is 15.5. The van der Waals surface area contributed by atoms with Crippen LogP contribution in [-0.4, -0.2) is 12.2 Å². The van der Waals surface area contributed by atoms with E-state index in [1.807, 2.05) is 26.8 Å². The van der Waals surface area contributed by atoms with E-state index in [0.717, 1.165) is 18.4 Å². The fourth-order valence-electron chi connectivity index (χ4n) is 2.65. The Bertz CT molecular complexity index is 775.